The minimum absolute atomic E-state index is 0.0287. The Morgan fingerprint density at radius 2 is 1.62 bits per heavy atom. The van der Waals surface area contributed by atoms with Gasteiger partial charge >= 0.3 is 0 Å². The van der Waals surface area contributed by atoms with Crippen LogP contribution in [0.5, 0.6) is 5.75 Å². The maximum absolute atomic E-state index is 12.2. The number of carbonyl (C=O) groups excluding carboxylic acids is 2. The lowest BCUT2D eigenvalue weighted by atomic mass is 10.1. The van der Waals surface area contributed by atoms with Gasteiger partial charge in [0, 0.05) is 6.07 Å². The van der Waals surface area contributed by atoms with E-state index >= 15 is 0 Å². The number of amides is 2. The number of nitrogens with zero attached hydrogens (tertiary/aromatic N) is 1. The van der Waals surface area contributed by atoms with Crippen LogP contribution in [0.15, 0.2) is 60.9 Å². The summed E-state index contributed by atoms with van der Waals surface area (Å²) in [6, 6.07) is 13.1. The van der Waals surface area contributed by atoms with Crippen LogP contribution in [0.2, 0.25) is 0 Å². The molecule has 7 nitrogen and oxygen atoms in total. The van der Waals surface area contributed by atoms with Crippen molar-refractivity contribution in [1.29, 1.82) is 0 Å². The summed E-state index contributed by atoms with van der Waals surface area (Å²) in [7, 11) is 0. The SMILES string of the molecule is O=C(NNC(=O)c1cc2ccccc2cc1O)c1ccc[n+]([O-])c1. The van der Waals surface area contributed by atoms with E-state index in [9.17, 15) is 19.9 Å². The number of rotatable bonds is 2. The van der Waals surface area contributed by atoms with Crippen molar-refractivity contribution >= 4 is 22.6 Å². The molecule has 0 aliphatic heterocycles. The van der Waals surface area contributed by atoms with Gasteiger partial charge in [0.25, 0.3) is 11.8 Å². The van der Waals surface area contributed by atoms with Crippen LogP contribution in [0.25, 0.3) is 10.8 Å². The van der Waals surface area contributed by atoms with E-state index in [1.807, 2.05) is 18.2 Å². The molecule has 1 heterocycles. The lowest BCUT2D eigenvalue weighted by Crippen LogP contribution is -2.42. The highest BCUT2D eigenvalue weighted by atomic mass is 16.5. The van der Waals surface area contributed by atoms with Crippen molar-refractivity contribution in [2.24, 2.45) is 0 Å². The molecule has 2 aromatic carbocycles. The van der Waals surface area contributed by atoms with E-state index < -0.39 is 11.8 Å². The van der Waals surface area contributed by atoms with Crippen molar-refractivity contribution in [2.45, 2.75) is 0 Å². The Kier molecular flexibility index (Phi) is 3.98. The van der Waals surface area contributed by atoms with Gasteiger partial charge in [-0.15, -0.1) is 0 Å². The average Bonchev–Trinajstić information content (AvgIpc) is 2.58. The van der Waals surface area contributed by atoms with Gasteiger partial charge in [-0.05, 0) is 29.0 Å². The number of aromatic hydroxyl groups is 1. The molecule has 24 heavy (non-hydrogen) atoms. The Morgan fingerprint density at radius 3 is 2.33 bits per heavy atom. The Bertz CT molecular complexity index is 940. The van der Waals surface area contributed by atoms with E-state index in [0.29, 0.717) is 4.73 Å². The van der Waals surface area contributed by atoms with Crippen molar-refractivity contribution in [1.82, 2.24) is 10.9 Å². The lowest BCUT2D eigenvalue weighted by Gasteiger charge is -2.09. The molecule has 0 aliphatic carbocycles. The first kappa shape index (κ1) is 15.3. The molecule has 0 spiro atoms. The first-order valence-corrected chi connectivity index (χ1v) is 7.06. The molecule has 0 aliphatic rings. The fourth-order valence-electron chi connectivity index (χ4n) is 2.25. The van der Waals surface area contributed by atoms with Gasteiger partial charge in [-0.3, -0.25) is 20.4 Å². The number of carbonyl (C=O) groups is 2. The van der Waals surface area contributed by atoms with Gasteiger partial charge in [-0.1, -0.05) is 24.3 Å². The third kappa shape index (κ3) is 3.09. The molecule has 0 saturated carbocycles. The van der Waals surface area contributed by atoms with E-state index in [-0.39, 0.29) is 16.9 Å². The summed E-state index contributed by atoms with van der Waals surface area (Å²) in [4.78, 5) is 24.0. The van der Waals surface area contributed by atoms with Crippen LogP contribution in [0.1, 0.15) is 20.7 Å². The quantitative estimate of drug-likeness (QED) is 0.375. The van der Waals surface area contributed by atoms with E-state index in [0.717, 1.165) is 17.0 Å². The summed E-state index contributed by atoms with van der Waals surface area (Å²) in [5.41, 5.74) is 4.53. The summed E-state index contributed by atoms with van der Waals surface area (Å²) in [5, 5.41) is 22.7. The summed E-state index contributed by atoms with van der Waals surface area (Å²) in [5.74, 6) is -1.51. The number of hydrogen-bond acceptors (Lipinski definition) is 4. The van der Waals surface area contributed by atoms with Gasteiger partial charge in [-0.2, -0.15) is 4.73 Å². The molecule has 0 unspecified atom stereocenters. The molecule has 3 aromatic rings. The van der Waals surface area contributed by atoms with Gasteiger partial charge in [0.05, 0.1) is 5.56 Å². The molecule has 2 amide bonds. The molecule has 3 N–H and O–H groups in total. The van der Waals surface area contributed by atoms with Gasteiger partial charge < -0.3 is 10.3 Å². The highest BCUT2D eigenvalue weighted by Crippen LogP contribution is 2.24. The highest BCUT2D eigenvalue weighted by molar-refractivity contribution is 6.03. The second-order valence-electron chi connectivity index (χ2n) is 5.08. The van der Waals surface area contributed by atoms with Crippen molar-refractivity contribution in [2.75, 3.05) is 0 Å². The molecule has 3 rings (SSSR count). The van der Waals surface area contributed by atoms with Crippen LogP contribution < -0.4 is 15.6 Å². The van der Waals surface area contributed by atoms with Crippen LogP contribution in [-0.4, -0.2) is 16.9 Å². The number of phenolic OH excluding ortho intramolecular Hbond substituents is 1. The van der Waals surface area contributed by atoms with E-state index in [1.54, 1.807) is 6.07 Å². The van der Waals surface area contributed by atoms with E-state index in [4.69, 9.17) is 0 Å². The van der Waals surface area contributed by atoms with Crippen LogP contribution in [0.4, 0.5) is 0 Å². The number of benzene rings is 2. The number of phenols is 1. The van der Waals surface area contributed by atoms with Crippen molar-refractivity contribution < 1.29 is 19.4 Å². The first-order valence-electron chi connectivity index (χ1n) is 7.06. The summed E-state index contributed by atoms with van der Waals surface area (Å²) in [6.45, 7) is 0. The fraction of sp³-hybridized carbons (Fsp3) is 0. The van der Waals surface area contributed by atoms with Crippen LogP contribution in [0.3, 0.4) is 0 Å². The second-order valence-corrected chi connectivity index (χ2v) is 5.08. The van der Waals surface area contributed by atoms with Crippen molar-refractivity contribution in [3.63, 3.8) is 0 Å². The van der Waals surface area contributed by atoms with Crippen LogP contribution >= 0.6 is 0 Å². The first-order chi connectivity index (χ1) is 11.5. The molecule has 0 atom stereocenters. The maximum atomic E-state index is 12.2. The van der Waals surface area contributed by atoms with Gasteiger partial charge in [0.15, 0.2) is 12.4 Å². The molecule has 0 radical (unpaired) electrons. The summed E-state index contributed by atoms with van der Waals surface area (Å²) < 4.78 is 0.478. The topological polar surface area (TPSA) is 105 Å². The van der Waals surface area contributed by atoms with Crippen molar-refractivity contribution in [3.05, 3.63) is 77.3 Å². The molecular formula is C17H13N3O4. The molecule has 0 fully saturated rings. The molecule has 1 aromatic heterocycles. The summed E-state index contributed by atoms with van der Waals surface area (Å²) >= 11 is 0. The zero-order valence-electron chi connectivity index (χ0n) is 12.4. The maximum Gasteiger partial charge on any atom is 0.275 e. The Morgan fingerprint density at radius 1 is 0.958 bits per heavy atom. The minimum atomic E-state index is -0.669. The molecular weight excluding hydrogens is 310 g/mol. The van der Waals surface area contributed by atoms with E-state index in [1.165, 1.54) is 30.5 Å². The molecule has 7 heteroatoms. The van der Waals surface area contributed by atoms with E-state index in [2.05, 4.69) is 10.9 Å². The third-order valence-corrected chi connectivity index (χ3v) is 3.44. The zero-order valence-corrected chi connectivity index (χ0v) is 12.4. The number of fused-ring (bicyclic) bond motifs is 1. The Labute approximate surface area is 136 Å². The number of aromatic nitrogens is 1. The monoisotopic (exact) mass is 323 g/mol. The number of nitrogens with one attached hydrogen (secondary N) is 2. The average molecular weight is 323 g/mol. The molecule has 0 bridgehead atoms. The van der Waals surface area contributed by atoms with Gasteiger partial charge in [-0.25, -0.2) is 0 Å². The summed E-state index contributed by atoms with van der Waals surface area (Å²) in [6.07, 6.45) is 2.32. The number of pyridine rings is 1. The normalized spacial score (nSPS) is 10.3. The lowest BCUT2D eigenvalue weighted by molar-refractivity contribution is -0.605. The molecule has 0 saturated heterocycles. The van der Waals surface area contributed by atoms with Gasteiger partial charge in [0.2, 0.25) is 0 Å². The fourth-order valence-corrected chi connectivity index (χ4v) is 2.25. The zero-order chi connectivity index (χ0) is 17.1. The van der Waals surface area contributed by atoms with Gasteiger partial charge in [0.1, 0.15) is 11.3 Å². The highest BCUT2D eigenvalue weighted by Gasteiger charge is 2.14. The van der Waals surface area contributed by atoms with Crippen LogP contribution in [-0.2, 0) is 0 Å². The smallest absolute Gasteiger partial charge is 0.275 e. The van der Waals surface area contributed by atoms with Crippen molar-refractivity contribution in [3.8, 4) is 5.75 Å². The number of hydrogen-bond donors (Lipinski definition) is 3. The van der Waals surface area contributed by atoms with Crippen LogP contribution in [0, 0.1) is 5.21 Å². The minimum Gasteiger partial charge on any atom is -0.619 e. The third-order valence-electron chi connectivity index (χ3n) is 3.44. The standard InChI is InChI=1S/C17H13N3O4/c21-15-9-12-5-2-1-4-11(12)8-14(15)17(23)19-18-16(22)13-6-3-7-20(24)10-13/h1-10,21H,(H,18,22)(H,19,23). The largest absolute Gasteiger partial charge is 0.619 e. The predicted octanol–water partition coefficient (Wildman–Crippen LogP) is 1.25. The number of hydrazine groups is 1. The Hall–Kier alpha value is -3.61. The molecule has 120 valence electrons. The predicted molar refractivity (Wildman–Crippen MR) is 85.9 cm³/mol. The Balaban J connectivity index is 1.75. The second kappa shape index (κ2) is 6.25.